The number of halogens is 1. The molecule has 1 aromatic rings. The first-order valence-electron chi connectivity index (χ1n) is 7.40. The van der Waals surface area contributed by atoms with Crippen LogP contribution in [0.3, 0.4) is 0 Å². The molecule has 130 valence electrons. The van der Waals surface area contributed by atoms with Crippen molar-refractivity contribution in [3.8, 4) is 17.6 Å². The molecule has 0 saturated carbocycles. The van der Waals surface area contributed by atoms with Crippen molar-refractivity contribution in [1.82, 2.24) is 10.6 Å². The number of hydrogen-bond acceptors (Lipinski definition) is 6. The van der Waals surface area contributed by atoms with Gasteiger partial charge in [0.2, 0.25) is 6.79 Å². The average Bonchev–Trinajstić information content (AvgIpc) is 3.00. The Labute approximate surface area is 151 Å². The lowest BCUT2D eigenvalue weighted by Crippen LogP contribution is -2.51. The summed E-state index contributed by atoms with van der Waals surface area (Å²) >= 11 is 3.43. The molecule has 2 aliphatic rings. The molecule has 1 fully saturated rings. The van der Waals surface area contributed by atoms with E-state index in [0.717, 1.165) is 0 Å². The van der Waals surface area contributed by atoms with Crippen LogP contribution >= 0.6 is 15.9 Å². The maximum atomic E-state index is 12.5. The number of ether oxygens (including phenoxy) is 3. The molecule has 2 amide bonds. The summed E-state index contributed by atoms with van der Waals surface area (Å²) in [7, 11) is 0. The second kappa shape index (κ2) is 7.03. The molecular weight excluding hydrogens is 394 g/mol. The Bertz CT molecular complexity index is 789. The minimum Gasteiger partial charge on any atom is -0.464 e. The normalized spacial score (nSPS) is 21.1. The summed E-state index contributed by atoms with van der Waals surface area (Å²) in [5, 5.41) is 13.8. The molecule has 25 heavy (non-hydrogen) atoms. The van der Waals surface area contributed by atoms with Crippen LogP contribution in [-0.2, 0) is 9.53 Å². The van der Waals surface area contributed by atoms with Crippen molar-refractivity contribution in [2.45, 2.75) is 12.5 Å². The number of carbonyl (C=O) groups is 2. The van der Waals surface area contributed by atoms with Gasteiger partial charge in [-0.3, -0.25) is 4.79 Å². The second-order valence-corrected chi connectivity index (χ2v) is 6.24. The van der Waals surface area contributed by atoms with Crippen molar-refractivity contribution in [1.29, 1.82) is 5.26 Å². The second-order valence-electron chi connectivity index (χ2n) is 5.38. The van der Waals surface area contributed by atoms with Gasteiger partial charge in [-0.2, -0.15) is 5.26 Å². The van der Waals surface area contributed by atoms with E-state index in [1.165, 1.54) is 0 Å². The zero-order valence-electron chi connectivity index (χ0n) is 13.0. The van der Waals surface area contributed by atoms with Crippen molar-refractivity contribution >= 4 is 27.9 Å². The highest BCUT2D eigenvalue weighted by atomic mass is 79.9. The summed E-state index contributed by atoms with van der Waals surface area (Å²) in [4.78, 5) is 24.3. The van der Waals surface area contributed by atoms with E-state index in [4.69, 9.17) is 19.5 Å². The molecule has 8 nitrogen and oxygen atoms in total. The van der Waals surface area contributed by atoms with E-state index >= 15 is 0 Å². The summed E-state index contributed by atoms with van der Waals surface area (Å²) in [6.45, 7) is 3.85. The van der Waals surface area contributed by atoms with Crippen molar-refractivity contribution in [3.05, 3.63) is 34.4 Å². The van der Waals surface area contributed by atoms with Crippen LogP contribution in [0.1, 0.15) is 18.0 Å². The van der Waals surface area contributed by atoms with Crippen LogP contribution in [0.15, 0.2) is 28.9 Å². The molecule has 2 atom stereocenters. The number of nitriles is 1. The lowest BCUT2D eigenvalue weighted by atomic mass is 9.89. The third-order valence-electron chi connectivity index (χ3n) is 3.81. The molecular formula is C16H14BrN3O5. The molecule has 0 aliphatic carbocycles. The highest BCUT2D eigenvalue weighted by Gasteiger charge is 2.40. The van der Waals surface area contributed by atoms with Gasteiger partial charge < -0.3 is 24.8 Å². The highest BCUT2D eigenvalue weighted by Crippen LogP contribution is 2.42. The van der Waals surface area contributed by atoms with Gasteiger partial charge in [-0.15, -0.1) is 0 Å². The molecule has 0 spiro atoms. The molecule has 3 rings (SSSR count). The predicted octanol–water partition coefficient (Wildman–Crippen LogP) is 2.12. The first-order chi connectivity index (χ1) is 12.0. The third-order valence-corrected chi connectivity index (χ3v) is 4.50. The van der Waals surface area contributed by atoms with Gasteiger partial charge in [0.1, 0.15) is 12.5 Å². The molecule has 0 bridgehead atoms. The summed E-state index contributed by atoms with van der Waals surface area (Å²) in [6.07, 6.45) is 0.0864. The number of nitrogens with one attached hydrogen (secondary N) is 2. The number of carbonyl (C=O) groups excluding carboxylic acids is 2. The van der Waals surface area contributed by atoms with Gasteiger partial charge in [-0.05, 0) is 17.7 Å². The van der Waals surface area contributed by atoms with Gasteiger partial charge in [0.25, 0.3) is 0 Å². The summed E-state index contributed by atoms with van der Waals surface area (Å²) in [5.74, 6) is -0.341. The SMILES string of the molecule is C=C1NC(=O)N[C@H](c2cc3c(cc2Br)OCO3)[C@H]1C(=O)OCCC#N. The van der Waals surface area contributed by atoms with Crippen LogP contribution in [0, 0.1) is 17.2 Å². The van der Waals surface area contributed by atoms with Crippen LogP contribution in [0.5, 0.6) is 11.5 Å². The molecule has 0 radical (unpaired) electrons. The van der Waals surface area contributed by atoms with Crippen LogP contribution in [0.2, 0.25) is 0 Å². The zero-order valence-corrected chi connectivity index (χ0v) is 14.6. The summed E-state index contributed by atoms with van der Waals surface area (Å²) in [5.41, 5.74) is 0.850. The Hall–Kier alpha value is -2.73. The first kappa shape index (κ1) is 17.1. The maximum absolute atomic E-state index is 12.5. The summed E-state index contributed by atoms with van der Waals surface area (Å²) in [6, 6.07) is 4.14. The molecule has 1 aromatic carbocycles. The van der Waals surface area contributed by atoms with Gasteiger partial charge in [-0.25, -0.2) is 4.79 Å². The fourth-order valence-electron chi connectivity index (χ4n) is 2.68. The standard InChI is InChI=1S/C16H14BrN3O5/c1-8-13(15(21)23-4-2-3-18)14(20-16(22)19-8)9-5-11-12(6-10(9)17)25-7-24-11/h5-6,13-14H,1-2,4,7H2,(H2,19,20,22)/t13-,14+/m0/s1. The predicted molar refractivity (Wildman–Crippen MR) is 88.5 cm³/mol. The number of urea groups is 1. The number of fused-ring (bicyclic) bond motifs is 1. The third kappa shape index (κ3) is 3.39. The van der Waals surface area contributed by atoms with E-state index in [0.29, 0.717) is 21.5 Å². The minimum atomic E-state index is -0.854. The first-order valence-corrected chi connectivity index (χ1v) is 8.19. The summed E-state index contributed by atoms with van der Waals surface area (Å²) < 4.78 is 16.5. The largest absolute Gasteiger partial charge is 0.464 e. The molecule has 0 unspecified atom stereocenters. The maximum Gasteiger partial charge on any atom is 0.319 e. The van der Waals surface area contributed by atoms with E-state index in [1.807, 2.05) is 6.07 Å². The van der Waals surface area contributed by atoms with Crippen LogP contribution < -0.4 is 20.1 Å². The molecule has 0 aromatic heterocycles. The Morgan fingerprint density at radius 1 is 1.44 bits per heavy atom. The van der Waals surface area contributed by atoms with Gasteiger partial charge in [0.15, 0.2) is 11.5 Å². The van der Waals surface area contributed by atoms with Gasteiger partial charge >= 0.3 is 12.0 Å². The molecule has 9 heteroatoms. The van der Waals surface area contributed by atoms with Gasteiger partial charge in [0.05, 0.1) is 18.5 Å². The van der Waals surface area contributed by atoms with E-state index in [9.17, 15) is 9.59 Å². The molecule has 2 aliphatic heterocycles. The Morgan fingerprint density at radius 2 is 2.16 bits per heavy atom. The van der Waals surface area contributed by atoms with Crippen molar-refractivity contribution < 1.29 is 23.8 Å². The number of hydrogen-bond donors (Lipinski definition) is 2. The lowest BCUT2D eigenvalue weighted by molar-refractivity contribution is -0.148. The number of esters is 1. The molecule has 1 saturated heterocycles. The average molecular weight is 408 g/mol. The van der Waals surface area contributed by atoms with Gasteiger partial charge in [-0.1, -0.05) is 22.5 Å². The van der Waals surface area contributed by atoms with Crippen molar-refractivity contribution in [3.63, 3.8) is 0 Å². The number of nitrogens with zero attached hydrogens (tertiary/aromatic N) is 1. The van der Waals surface area contributed by atoms with E-state index in [2.05, 4.69) is 33.1 Å². The number of benzene rings is 1. The zero-order chi connectivity index (χ0) is 18.0. The molecule has 2 heterocycles. The van der Waals surface area contributed by atoms with Gasteiger partial charge in [0, 0.05) is 10.2 Å². The molecule has 2 N–H and O–H groups in total. The van der Waals surface area contributed by atoms with Crippen LogP contribution in [0.4, 0.5) is 4.79 Å². The topological polar surface area (TPSA) is 110 Å². The number of amides is 2. The quantitative estimate of drug-likeness (QED) is 0.584. The monoisotopic (exact) mass is 407 g/mol. The smallest absolute Gasteiger partial charge is 0.319 e. The Balaban J connectivity index is 1.93. The fourth-order valence-corrected chi connectivity index (χ4v) is 3.25. The number of rotatable bonds is 4. The van der Waals surface area contributed by atoms with Crippen molar-refractivity contribution in [2.75, 3.05) is 13.4 Å². The van der Waals surface area contributed by atoms with E-state index in [1.54, 1.807) is 12.1 Å². The van der Waals surface area contributed by atoms with E-state index < -0.39 is 24.0 Å². The highest BCUT2D eigenvalue weighted by molar-refractivity contribution is 9.10. The Morgan fingerprint density at radius 3 is 2.88 bits per heavy atom. The van der Waals surface area contributed by atoms with Crippen LogP contribution in [0.25, 0.3) is 0 Å². The van der Waals surface area contributed by atoms with Crippen LogP contribution in [-0.4, -0.2) is 25.4 Å². The van der Waals surface area contributed by atoms with Crippen molar-refractivity contribution in [2.24, 2.45) is 5.92 Å². The Kier molecular flexibility index (Phi) is 4.81. The minimum absolute atomic E-state index is 0.0257. The lowest BCUT2D eigenvalue weighted by Gasteiger charge is -2.33. The fraction of sp³-hybridized carbons (Fsp3) is 0.312. The van der Waals surface area contributed by atoms with E-state index in [-0.39, 0.29) is 25.5 Å².